The minimum atomic E-state index is -0.916. The van der Waals surface area contributed by atoms with E-state index in [1.54, 1.807) is 18.3 Å². The van der Waals surface area contributed by atoms with Crippen molar-refractivity contribution in [3.63, 3.8) is 0 Å². The number of halogens is 4. The number of anilines is 1. The molecule has 6 nitrogen and oxygen atoms in total. The maximum absolute atomic E-state index is 14.8. The quantitative estimate of drug-likeness (QED) is 0.422. The molecule has 0 amide bonds. The van der Waals surface area contributed by atoms with Crippen molar-refractivity contribution < 1.29 is 13.2 Å². The summed E-state index contributed by atoms with van der Waals surface area (Å²) in [5.74, 6) is -1.26. The third-order valence-corrected chi connectivity index (χ3v) is 6.03. The second-order valence-electron chi connectivity index (χ2n) is 8.01. The molecule has 10 heteroatoms. The van der Waals surface area contributed by atoms with E-state index in [0.717, 1.165) is 31.6 Å². The molecule has 33 heavy (non-hydrogen) atoms. The Kier molecular flexibility index (Phi) is 5.90. The average Bonchev–Trinajstić information content (AvgIpc) is 3.43. The lowest BCUT2D eigenvalue weighted by molar-refractivity contribution is 0.489. The Morgan fingerprint density at radius 1 is 1.09 bits per heavy atom. The summed E-state index contributed by atoms with van der Waals surface area (Å²) in [6.07, 6.45) is 2.54. The molecule has 1 saturated heterocycles. The van der Waals surface area contributed by atoms with Crippen molar-refractivity contribution >= 4 is 28.7 Å². The number of benzene rings is 2. The molecule has 3 heterocycles. The molecule has 2 aromatic carbocycles. The molecule has 4 aromatic rings. The van der Waals surface area contributed by atoms with Gasteiger partial charge in [0.2, 0.25) is 5.95 Å². The molecule has 1 atom stereocenters. The summed E-state index contributed by atoms with van der Waals surface area (Å²) in [4.78, 5) is 13.5. The van der Waals surface area contributed by atoms with Crippen LogP contribution in [-0.2, 0) is 13.1 Å². The highest BCUT2D eigenvalue weighted by atomic mass is 35.5. The fourth-order valence-electron chi connectivity index (χ4n) is 4.04. The number of imidazole rings is 1. The van der Waals surface area contributed by atoms with Crippen LogP contribution in [0.15, 0.2) is 42.6 Å². The lowest BCUT2D eigenvalue weighted by atomic mass is 10.1. The van der Waals surface area contributed by atoms with E-state index in [-0.39, 0.29) is 17.1 Å². The van der Waals surface area contributed by atoms with Crippen molar-refractivity contribution in [1.29, 1.82) is 0 Å². The normalized spacial score (nSPS) is 15.9. The second kappa shape index (κ2) is 8.99. The topological polar surface area (TPSA) is 67.7 Å². The predicted octanol–water partition coefficient (Wildman–Crippen LogP) is 4.79. The van der Waals surface area contributed by atoms with Gasteiger partial charge in [0.05, 0.1) is 16.8 Å². The monoisotopic (exact) mass is 472 g/mol. The van der Waals surface area contributed by atoms with Crippen LogP contribution in [-0.4, -0.2) is 32.6 Å². The van der Waals surface area contributed by atoms with Gasteiger partial charge in [-0.15, -0.1) is 0 Å². The average molecular weight is 473 g/mol. The Morgan fingerprint density at radius 2 is 1.97 bits per heavy atom. The van der Waals surface area contributed by atoms with Gasteiger partial charge in [-0.3, -0.25) is 0 Å². The van der Waals surface area contributed by atoms with Gasteiger partial charge < -0.3 is 15.2 Å². The molecule has 0 saturated carbocycles. The predicted molar refractivity (Wildman–Crippen MR) is 120 cm³/mol. The Morgan fingerprint density at radius 3 is 2.73 bits per heavy atom. The highest BCUT2D eigenvalue weighted by Crippen LogP contribution is 2.33. The molecule has 170 valence electrons. The number of hydrogen-bond acceptors (Lipinski definition) is 5. The number of rotatable bonds is 6. The lowest BCUT2D eigenvalue weighted by Gasteiger charge is -2.14. The van der Waals surface area contributed by atoms with Crippen LogP contribution < -0.4 is 10.6 Å². The van der Waals surface area contributed by atoms with E-state index < -0.39 is 17.5 Å². The van der Waals surface area contributed by atoms with Crippen LogP contribution in [0.25, 0.3) is 22.6 Å². The molecule has 0 bridgehead atoms. The molecule has 0 spiro atoms. The second-order valence-corrected chi connectivity index (χ2v) is 8.41. The number of fused-ring (bicyclic) bond motifs is 1. The van der Waals surface area contributed by atoms with E-state index in [0.29, 0.717) is 41.0 Å². The van der Waals surface area contributed by atoms with Crippen molar-refractivity contribution in [3.05, 3.63) is 70.6 Å². The van der Waals surface area contributed by atoms with Crippen molar-refractivity contribution in [2.24, 2.45) is 5.92 Å². The van der Waals surface area contributed by atoms with E-state index in [4.69, 9.17) is 11.6 Å². The van der Waals surface area contributed by atoms with Gasteiger partial charge in [-0.25, -0.2) is 23.1 Å². The molecule has 0 aliphatic carbocycles. The van der Waals surface area contributed by atoms with Gasteiger partial charge in [0.25, 0.3) is 0 Å². The van der Waals surface area contributed by atoms with Gasteiger partial charge >= 0.3 is 0 Å². The minimum Gasteiger partial charge on any atom is -0.350 e. The molecule has 5 rings (SSSR count). The van der Waals surface area contributed by atoms with Crippen molar-refractivity contribution in [2.45, 2.75) is 19.5 Å². The summed E-state index contributed by atoms with van der Waals surface area (Å²) in [5.41, 5.74) is 1.81. The molecule has 0 radical (unpaired) electrons. The van der Waals surface area contributed by atoms with Gasteiger partial charge in [-0.2, -0.15) is 4.98 Å². The fourth-order valence-corrected chi connectivity index (χ4v) is 4.29. The van der Waals surface area contributed by atoms with Gasteiger partial charge in [0, 0.05) is 13.1 Å². The van der Waals surface area contributed by atoms with Crippen molar-refractivity contribution in [1.82, 2.24) is 24.8 Å². The van der Waals surface area contributed by atoms with Crippen molar-refractivity contribution in [2.75, 3.05) is 18.4 Å². The molecule has 1 fully saturated rings. The summed E-state index contributed by atoms with van der Waals surface area (Å²) in [6, 6.07) is 8.21. The zero-order valence-electron chi connectivity index (χ0n) is 17.5. The first-order valence-electron chi connectivity index (χ1n) is 10.6. The summed E-state index contributed by atoms with van der Waals surface area (Å²) in [6.45, 7) is 2.55. The fraction of sp³-hybridized carbons (Fsp3) is 0.261. The number of nitrogens with zero attached hydrogens (tertiary/aromatic N) is 4. The molecular weight excluding hydrogens is 453 g/mol. The SMILES string of the molecule is Fc1ccc(CNc2ncc3nc(-c4c(F)cccc4Cl)n(C[C@H]4CCNC4)c3n2)cc1F. The van der Waals surface area contributed by atoms with Crippen molar-refractivity contribution in [3.8, 4) is 11.4 Å². The van der Waals surface area contributed by atoms with Gasteiger partial charge in [-0.1, -0.05) is 23.7 Å². The van der Waals surface area contributed by atoms with E-state index in [1.807, 2.05) is 4.57 Å². The molecule has 2 N–H and O–H groups in total. The highest BCUT2D eigenvalue weighted by molar-refractivity contribution is 6.33. The van der Waals surface area contributed by atoms with Crippen LogP contribution in [0.4, 0.5) is 19.1 Å². The van der Waals surface area contributed by atoms with Gasteiger partial charge in [-0.05, 0) is 55.3 Å². The van der Waals surface area contributed by atoms with E-state index in [2.05, 4.69) is 25.6 Å². The van der Waals surface area contributed by atoms with Crippen LogP contribution in [0.3, 0.4) is 0 Å². The molecule has 1 aliphatic rings. The third-order valence-electron chi connectivity index (χ3n) is 5.71. The lowest BCUT2D eigenvalue weighted by Crippen LogP contribution is -2.16. The van der Waals surface area contributed by atoms with E-state index >= 15 is 0 Å². The molecule has 1 aliphatic heterocycles. The largest absolute Gasteiger partial charge is 0.350 e. The van der Waals surface area contributed by atoms with Gasteiger partial charge in [0.15, 0.2) is 17.3 Å². The van der Waals surface area contributed by atoms with Crippen LogP contribution in [0, 0.1) is 23.4 Å². The Hall–Kier alpha value is -3.17. The maximum atomic E-state index is 14.8. The standard InChI is InChI=1S/C23H20ClF3N6/c24-15-2-1-3-17(26)20(15)22-31-19-11-30-23(29-10-13-4-5-16(25)18(27)8-13)32-21(19)33(22)12-14-6-7-28-9-14/h1-5,8,11,14,28H,6-7,9-10,12H2,(H,29,30,32)/t14-/m0/s1. The van der Waals surface area contributed by atoms with Gasteiger partial charge in [0.1, 0.15) is 17.2 Å². The van der Waals surface area contributed by atoms with E-state index in [1.165, 1.54) is 12.1 Å². The Bertz CT molecular complexity index is 1300. The van der Waals surface area contributed by atoms with Crippen LogP contribution in [0.2, 0.25) is 5.02 Å². The third kappa shape index (κ3) is 4.38. The highest BCUT2D eigenvalue weighted by Gasteiger charge is 2.24. The van der Waals surface area contributed by atoms with Crippen LogP contribution in [0.5, 0.6) is 0 Å². The zero-order chi connectivity index (χ0) is 22.9. The summed E-state index contributed by atoms with van der Waals surface area (Å²) in [5, 5.41) is 6.63. The Balaban J connectivity index is 1.53. The number of hydrogen-bond donors (Lipinski definition) is 2. The van der Waals surface area contributed by atoms with Crippen LogP contribution >= 0.6 is 11.6 Å². The number of aromatic nitrogens is 4. The van der Waals surface area contributed by atoms with Crippen LogP contribution in [0.1, 0.15) is 12.0 Å². The number of nitrogens with one attached hydrogen (secondary N) is 2. The summed E-state index contributed by atoms with van der Waals surface area (Å²) < 4.78 is 43.3. The molecule has 2 aromatic heterocycles. The Labute approximate surface area is 192 Å². The smallest absolute Gasteiger partial charge is 0.225 e. The molecular formula is C23H20ClF3N6. The van der Waals surface area contributed by atoms with E-state index in [9.17, 15) is 13.2 Å². The minimum absolute atomic E-state index is 0.204. The first-order valence-corrected chi connectivity index (χ1v) is 10.9. The zero-order valence-corrected chi connectivity index (χ0v) is 18.2. The first kappa shape index (κ1) is 21.7. The summed E-state index contributed by atoms with van der Waals surface area (Å²) in [7, 11) is 0. The maximum Gasteiger partial charge on any atom is 0.225 e. The first-order chi connectivity index (χ1) is 16.0. The summed E-state index contributed by atoms with van der Waals surface area (Å²) >= 11 is 6.34. The molecule has 0 unspecified atom stereocenters.